The molecule has 0 aromatic rings. The summed E-state index contributed by atoms with van der Waals surface area (Å²) in [5, 5.41) is 3.51. The third kappa shape index (κ3) is 3.10. The lowest BCUT2D eigenvalue weighted by atomic mass is 10.5. The zero-order valence-corrected chi connectivity index (χ0v) is 6.04. The number of oxime groups is 1. The van der Waals surface area contributed by atoms with Crippen molar-refractivity contribution in [3.63, 3.8) is 0 Å². The van der Waals surface area contributed by atoms with Gasteiger partial charge in [0.25, 0.3) is 0 Å². The monoisotopic (exact) mass is 155 g/mol. The summed E-state index contributed by atoms with van der Waals surface area (Å²) in [6, 6.07) is 0. The number of hydrogen-bond acceptors (Lipinski definition) is 2. The predicted octanol–water partition coefficient (Wildman–Crippen LogP) is 1.47. The minimum Gasteiger partial charge on any atom is -0.399 e. The summed E-state index contributed by atoms with van der Waals surface area (Å²) in [7, 11) is 1.46. The lowest BCUT2D eigenvalue weighted by Crippen LogP contribution is -2.01. The minimum atomic E-state index is 0.331. The first-order chi connectivity index (χ1) is 3.85. The average Bonchev–Trinajstić information content (AvgIpc) is 1.83. The molecule has 0 N–H and O–H groups in total. The summed E-state index contributed by atoms with van der Waals surface area (Å²) in [4.78, 5) is 4.40. The lowest BCUT2D eigenvalue weighted by Gasteiger charge is -1.91. The van der Waals surface area contributed by atoms with E-state index in [9.17, 15) is 0 Å². The molecule has 2 nitrogen and oxygen atoms in total. The second kappa shape index (κ2) is 5.19. The van der Waals surface area contributed by atoms with E-state index in [1.165, 1.54) is 7.11 Å². The molecular weight excluding hydrogens is 149 g/mol. The number of hydrogen-bond donors (Lipinski definition) is 0. The van der Waals surface area contributed by atoms with Crippen LogP contribution in [0.3, 0.4) is 0 Å². The zero-order chi connectivity index (χ0) is 6.41. The summed E-state index contributed by atoms with van der Waals surface area (Å²) in [5.41, 5.74) is 0.649. The van der Waals surface area contributed by atoms with Gasteiger partial charge in [-0.2, -0.15) is 0 Å². The number of alkyl halides is 2. The Morgan fingerprint density at radius 1 is 1.50 bits per heavy atom. The number of halogens is 2. The van der Waals surface area contributed by atoms with Gasteiger partial charge in [-0.25, -0.2) is 0 Å². The van der Waals surface area contributed by atoms with Crippen LogP contribution in [0.1, 0.15) is 0 Å². The van der Waals surface area contributed by atoms with Crippen molar-refractivity contribution in [1.29, 1.82) is 0 Å². The highest BCUT2D eigenvalue weighted by Crippen LogP contribution is 1.87. The lowest BCUT2D eigenvalue weighted by molar-refractivity contribution is 0.213. The van der Waals surface area contributed by atoms with Crippen molar-refractivity contribution in [3.8, 4) is 0 Å². The van der Waals surface area contributed by atoms with Gasteiger partial charge in [0.2, 0.25) is 0 Å². The highest BCUT2D eigenvalue weighted by molar-refractivity contribution is 6.36. The molecule has 48 valence electrons. The Balaban J connectivity index is 3.49. The van der Waals surface area contributed by atoms with E-state index in [-0.39, 0.29) is 0 Å². The summed E-state index contributed by atoms with van der Waals surface area (Å²) in [5.74, 6) is 0.661. The SMILES string of the molecule is CON=C(CCl)CCl. The molecule has 0 radical (unpaired) electrons. The molecule has 0 atom stereocenters. The van der Waals surface area contributed by atoms with Crippen LogP contribution in [0.25, 0.3) is 0 Å². The van der Waals surface area contributed by atoms with Crippen LogP contribution < -0.4 is 0 Å². The van der Waals surface area contributed by atoms with Crippen LogP contribution in [0.4, 0.5) is 0 Å². The minimum absolute atomic E-state index is 0.331. The highest BCUT2D eigenvalue weighted by atomic mass is 35.5. The predicted molar refractivity (Wildman–Crippen MR) is 35.9 cm³/mol. The van der Waals surface area contributed by atoms with Gasteiger partial charge in [-0.15, -0.1) is 23.2 Å². The van der Waals surface area contributed by atoms with Crippen molar-refractivity contribution in [2.24, 2.45) is 5.16 Å². The van der Waals surface area contributed by atoms with Crippen molar-refractivity contribution in [2.75, 3.05) is 18.9 Å². The maximum atomic E-state index is 5.35. The first kappa shape index (κ1) is 8.05. The van der Waals surface area contributed by atoms with Gasteiger partial charge in [0.15, 0.2) is 0 Å². The Labute approximate surface area is 58.4 Å². The Hall–Kier alpha value is 0.0500. The molecule has 0 aromatic heterocycles. The zero-order valence-electron chi connectivity index (χ0n) is 4.53. The van der Waals surface area contributed by atoms with E-state index in [1.54, 1.807) is 0 Å². The van der Waals surface area contributed by atoms with Crippen molar-refractivity contribution in [3.05, 3.63) is 0 Å². The van der Waals surface area contributed by atoms with Crippen LogP contribution in [0.5, 0.6) is 0 Å². The molecular formula is C4H7Cl2NO. The van der Waals surface area contributed by atoms with Crippen molar-refractivity contribution in [1.82, 2.24) is 0 Å². The first-order valence-electron chi connectivity index (χ1n) is 2.06. The Morgan fingerprint density at radius 3 is 2.12 bits per heavy atom. The second-order valence-corrected chi connectivity index (χ2v) is 1.64. The fourth-order valence-electron chi connectivity index (χ4n) is 0.214. The molecule has 0 aliphatic heterocycles. The summed E-state index contributed by atoms with van der Waals surface area (Å²) >= 11 is 10.7. The molecule has 0 unspecified atom stereocenters. The van der Waals surface area contributed by atoms with Gasteiger partial charge >= 0.3 is 0 Å². The molecule has 0 saturated carbocycles. The summed E-state index contributed by atoms with van der Waals surface area (Å²) < 4.78 is 0. The second-order valence-electron chi connectivity index (χ2n) is 1.11. The highest BCUT2D eigenvalue weighted by Gasteiger charge is 1.92. The van der Waals surface area contributed by atoms with Gasteiger partial charge in [0.05, 0.1) is 17.5 Å². The van der Waals surface area contributed by atoms with E-state index >= 15 is 0 Å². The molecule has 0 saturated heterocycles. The third-order valence-electron chi connectivity index (χ3n) is 0.529. The molecule has 0 fully saturated rings. The van der Waals surface area contributed by atoms with Gasteiger partial charge in [-0.05, 0) is 0 Å². The normalized spacial score (nSPS) is 8.38. The van der Waals surface area contributed by atoms with Crippen LogP contribution in [0, 0.1) is 0 Å². The van der Waals surface area contributed by atoms with Gasteiger partial charge in [0, 0.05) is 0 Å². The summed E-state index contributed by atoms with van der Waals surface area (Å²) in [6.45, 7) is 0. The Kier molecular flexibility index (Phi) is 5.22. The van der Waals surface area contributed by atoms with Crippen LogP contribution >= 0.6 is 23.2 Å². The number of nitrogens with zero attached hydrogens (tertiary/aromatic N) is 1. The molecule has 8 heavy (non-hydrogen) atoms. The van der Waals surface area contributed by atoms with Crippen LogP contribution in [-0.2, 0) is 4.84 Å². The fraction of sp³-hybridized carbons (Fsp3) is 0.750. The largest absolute Gasteiger partial charge is 0.399 e. The van der Waals surface area contributed by atoms with Gasteiger partial charge < -0.3 is 4.84 Å². The Morgan fingerprint density at radius 2 is 2.00 bits per heavy atom. The van der Waals surface area contributed by atoms with E-state index in [2.05, 4.69) is 9.99 Å². The quantitative estimate of drug-likeness (QED) is 0.344. The number of rotatable bonds is 3. The molecule has 0 spiro atoms. The van der Waals surface area contributed by atoms with Crippen molar-refractivity contribution >= 4 is 28.9 Å². The third-order valence-corrected chi connectivity index (χ3v) is 1.15. The van der Waals surface area contributed by atoms with Crippen molar-refractivity contribution < 1.29 is 4.84 Å². The first-order valence-corrected chi connectivity index (χ1v) is 3.13. The van der Waals surface area contributed by atoms with Crippen LogP contribution in [0.2, 0.25) is 0 Å². The van der Waals surface area contributed by atoms with Crippen molar-refractivity contribution in [2.45, 2.75) is 0 Å². The van der Waals surface area contributed by atoms with Gasteiger partial charge in [-0.1, -0.05) is 5.16 Å². The van der Waals surface area contributed by atoms with E-state index in [0.29, 0.717) is 17.5 Å². The van der Waals surface area contributed by atoms with Gasteiger partial charge in [-0.3, -0.25) is 0 Å². The fourth-order valence-corrected chi connectivity index (χ4v) is 0.597. The maximum Gasteiger partial charge on any atom is 0.106 e. The van der Waals surface area contributed by atoms with Crippen LogP contribution in [-0.4, -0.2) is 24.6 Å². The van der Waals surface area contributed by atoms with Crippen LogP contribution in [0.15, 0.2) is 5.16 Å². The standard InChI is InChI=1S/C4H7Cl2NO/c1-8-7-4(2-5)3-6/h2-3H2,1H3. The van der Waals surface area contributed by atoms with E-state index in [4.69, 9.17) is 23.2 Å². The molecule has 0 amide bonds. The molecule has 0 rings (SSSR count). The Bertz CT molecular complexity index is 78.1. The average molecular weight is 156 g/mol. The molecule has 0 heterocycles. The topological polar surface area (TPSA) is 21.6 Å². The summed E-state index contributed by atoms with van der Waals surface area (Å²) in [6.07, 6.45) is 0. The van der Waals surface area contributed by atoms with E-state index in [0.717, 1.165) is 0 Å². The molecule has 4 heteroatoms. The maximum absolute atomic E-state index is 5.35. The molecule has 0 aromatic carbocycles. The van der Waals surface area contributed by atoms with E-state index in [1.807, 2.05) is 0 Å². The molecule has 0 aliphatic carbocycles. The van der Waals surface area contributed by atoms with E-state index < -0.39 is 0 Å². The molecule has 0 aliphatic rings. The smallest absolute Gasteiger partial charge is 0.106 e. The molecule has 0 bridgehead atoms. The van der Waals surface area contributed by atoms with Gasteiger partial charge in [0.1, 0.15) is 7.11 Å².